The molecule has 1 unspecified atom stereocenters. The molecular formula is C13H16ClFO3. The summed E-state index contributed by atoms with van der Waals surface area (Å²) >= 11 is 5.75. The Hall–Kier alpha value is -1.13. The van der Waals surface area contributed by atoms with Crippen molar-refractivity contribution in [2.45, 2.75) is 32.8 Å². The normalized spacial score (nSPS) is 12.6. The zero-order valence-electron chi connectivity index (χ0n) is 10.5. The number of carbonyl (C=O) groups is 1. The van der Waals surface area contributed by atoms with Crippen LogP contribution in [-0.4, -0.2) is 17.7 Å². The molecule has 1 aromatic rings. The van der Waals surface area contributed by atoms with Gasteiger partial charge in [-0.1, -0.05) is 25.4 Å². The quantitative estimate of drug-likeness (QED) is 0.858. The number of ether oxygens (including phenoxy) is 1. The number of hydrogen-bond acceptors (Lipinski definition) is 3. The zero-order chi connectivity index (χ0) is 13.9. The van der Waals surface area contributed by atoms with Crippen molar-refractivity contribution in [3.05, 3.63) is 34.1 Å². The Kier molecular flexibility index (Phi) is 5.11. The second-order valence-corrected chi connectivity index (χ2v) is 4.62. The van der Waals surface area contributed by atoms with Crippen molar-refractivity contribution in [3.63, 3.8) is 0 Å². The van der Waals surface area contributed by atoms with Crippen LogP contribution >= 0.6 is 11.6 Å². The Morgan fingerprint density at radius 3 is 2.61 bits per heavy atom. The van der Waals surface area contributed by atoms with Crippen LogP contribution in [0.1, 0.15) is 43.9 Å². The van der Waals surface area contributed by atoms with Gasteiger partial charge in [0.25, 0.3) is 0 Å². The number of rotatable bonds is 4. The van der Waals surface area contributed by atoms with Crippen LogP contribution in [0.2, 0.25) is 5.02 Å². The fraction of sp³-hybridized carbons (Fsp3) is 0.462. The molecule has 5 heteroatoms. The molecule has 0 fully saturated rings. The molecule has 0 aliphatic heterocycles. The van der Waals surface area contributed by atoms with Crippen LogP contribution in [0.3, 0.4) is 0 Å². The first-order valence-corrected chi connectivity index (χ1v) is 6.09. The fourth-order valence-electron chi connectivity index (χ4n) is 1.51. The Labute approximate surface area is 111 Å². The van der Waals surface area contributed by atoms with Gasteiger partial charge in [0, 0.05) is 5.56 Å². The molecule has 0 bridgehead atoms. The van der Waals surface area contributed by atoms with Gasteiger partial charge in [-0.15, -0.1) is 0 Å². The van der Waals surface area contributed by atoms with E-state index < -0.39 is 17.9 Å². The van der Waals surface area contributed by atoms with Crippen LogP contribution in [0.15, 0.2) is 12.1 Å². The highest BCUT2D eigenvalue weighted by Crippen LogP contribution is 2.29. The van der Waals surface area contributed by atoms with E-state index in [4.69, 9.17) is 11.6 Å². The van der Waals surface area contributed by atoms with Crippen molar-refractivity contribution in [2.75, 3.05) is 6.61 Å². The molecule has 0 saturated heterocycles. The molecule has 1 atom stereocenters. The summed E-state index contributed by atoms with van der Waals surface area (Å²) in [5.74, 6) is -1.56. The fourth-order valence-corrected chi connectivity index (χ4v) is 1.75. The summed E-state index contributed by atoms with van der Waals surface area (Å²) in [6, 6.07) is 2.93. The molecule has 0 spiro atoms. The average molecular weight is 275 g/mol. The lowest BCUT2D eigenvalue weighted by atomic mass is 9.98. The topological polar surface area (TPSA) is 46.5 Å². The Morgan fingerprint density at radius 1 is 1.50 bits per heavy atom. The van der Waals surface area contributed by atoms with E-state index in [0.29, 0.717) is 0 Å². The predicted octanol–water partition coefficient (Wildman–Crippen LogP) is 3.20. The third-order valence-electron chi connectivity index (χ3n) is 2.55. The minimum Gasteiger partial charge on any atom is -0.464 e. The van der Waals surface area contributed by atoms with E-state index in [1.165, 1.54) is 12.1 Å². The molecule has 0 amide bonds. The zero-order valence-corrected chi connectivity index (χ0v) is 11.3. The lowest BCUT2D eigenvalue weighted by molar-refractivity contribution is -0.153. The molecule has 0 saturated carbocycles. The minimum atomic E-state index is -1.65. The van der Waals surface area contributed by atoms with Crippen LogP contribution in [0, 0.1) is 5.82 Å². The smallest absolute Gasteiger partial charge is 0.339 e. The molecule has 1 aromatic carbocycles. The number of aliphatic hydroxyl groups excluding tert-OH is 1. The highest BCUT2D eigenvalue weighted by molar-refractivity contribution is 6.30. The highest BCUT2D eigenvalue weighted by Gasteiger charge is 2.24. The van der Waals surface area contributed by atoms with E-state index in [9.17, 15) is 14.3 Å². The van der Waals surface area contributed by atoms with Gasteiger partial charge in [0.2, 0.25) is 0 Å². The van der Waals surface area contributed by atoms with Crippen molar-refractivity contribution in [2.24, 2.45) is 0 Å². The number of benzene rings is 1. The monoisotopic (exact) mass is 274 g/mol. The number of esters is 1. The van der Waals surface area contributed by atoms with Crippen molar-refractivity contribution in [1.29, 1.82) is 0 Å². The number of aliphatic hydroxyl groups is 1. The predicted molar refractivity (Wildman–Crippen MR) is 67.1 cm³/mol. The van der Waals surface area contributed by atoms with E-state index in [2.05, 4.69) is 4.74 Å². The summed E-state index contributed by atoms with van der Waals surface area (Å²) in [5, 5.41) is 9.65. The van der Waals surface area contributed by atoms with Gasteiger partial charge in [-0.25, -0.2) is 9.18 Å². The molecular weight excluding hydrogens is 259 g/mol. The van der Waals surface area contributed by atoms with E-state index in [1.54, 1.807) is 6.92 Å². The highest BCUT2D eigenvalue weighted by atomic mass is 35.5. The van der Waals surface area contributed by atoms with Gasteiger partial charge in [-0.2, -0.15) is 0 Å². The van der Waals surface area contributed by atoms with Crippen LogP contribution in [0.5, 0.6) is 0 Å². The number of hydrogen-bond donors (Lipinski definition) is 1. The maximum absolute atomic E-state index is 13.8. The third kappa shape index (κ3) is 3.21. The number of carbonyl (C=O) groups excluding carboxylic acids is 1. The second kappa shape index (κ2) is 6.16. The summed E-state index contributed by atoms with van der Waals surface area (Å²) in [6.07, 6.45) is -1.65. The van der Waals surface area contributed by atoms with Crippen LogP contribution < -0.4 is 0 Å². The Morgan fingerprint density at radius 2 is 2.11 bits per heavy atom. The average Bonchev–Trinajstić information content (AvgIpc) is 2.31. The van der Waals surface area contributed by atoms with Crippen molar-refractivity contribution >= 4 is 17.6 Å². The molecule has 0 aliphatic carbocycles. The summed E-state index contributed by atoms with van der Waals surface area (Å²) in [5.41, 5.74) is 0.601. The van der Waals surface area contributed by atoms with Crippen LogP contribution in [-0.2, 0) is 9.53 Å². The largest absolute Gasteiger partial charge is 0.464 e. The van der Waals surface area contributed by atoms with Crippen LogP contribution in [0.25, 0.3) is 0 Å². The summed E-state index contributed by atoms with van der Waals surface area (Å²) in [7, 11) is 0. The molecule has 0 aromatic heterocycles. The lowest BCUT2D eigenvalue weighted by Gasteiger charge is -2.15. The van der Waals surface area contributed by atoms with Crippen molar-refractivity contribution in [3.8, 4) is 0 Å². The molecule has 3 nitrogen and oxygen atoms in total. The lowest BCUT2D eigenvalue weighted by Crippen LogP contribution is -2.17. The van der Waals surface area contributed by atoms with Gasteiger partial charge in [0.05, 0.1) is 11.6 Å². The first kappa shape index (κ1) is 14.9. The van der Waals surface area contributed by atoms with Crippen molar-refractivity contribution in [1.82, 2.24) is 0 Å². The van der Waals surface area contributed by atoms with Crippen LogP contribution in [0.4, 0.5) is 4.39 Å². The molecule has 18 heavy (non-hydrogen) atoms. The van der Waals surface area contributed by atoms with Crippen molar-refractivity contribution < 1.29 is 19.0 Å². The van der Waals surface area contributed by atoms with Gasteiger partial charge in [0.1, 0.15) is 5.82 Å². The molecule has 0 heterocycles. The van der Waals surface area contributed by atoms with Gasteiger partial charge >= 0.3 is 5.97 Å². The summed E-state index contributed by atoms with van der Waals surface area (Å²) in [6.45, 7) is 5.54. The first-order valence-electron chi connectivity index (χ1n) is 5.72. The van der Waals surface area contributed by atoms with E-state index in [1.807, 2.05) is 13.8 Å². The summed E-state index contributed by atoms with van der Waals surface area (Å²) < 4.78 is 18.5. The van der Waals surface area contributed by atoms with Gasteiger partial charge in [-0.05, 0) is 30.5 Å². The van der Waals surface area contributed by atoms with E-state index >= 15 is 0 Å². The number of halogens is 2. The second-order valence-electron chi connectivity index (χ2n) is 4.22. The molecule has 0 radical (unpaired) electrons. The SMILES string of the molecule is CCOC(=O)C(O)c1cc(C(C)C)cc(Cl)c1F. The molecule has 100 valence electrons. The summed E-state index contributed by atoms with van der Waals surface area (Å²) in [4.78, 5) is 11.4. The molecule has 1 rings (SSSR count). The van der Waals surface area contributed by atoms with Gasteiger partial charge < -0.3 is 9.84 Å². The Bertz CT molecular complexity index is 446. The molecule has 1 N–H and O–H groups in total. The third-order valence-corrected chi connectivity index (χ3v) is 2.82. The maximum atomic E-state index is 13.8. The Balaban J connectivity index is 3.18. The standard InChI is InChI=1S/C13H16ClFO3/c1-4-18-13(17)12(16)9-5-8(7(2)3)6-10(14)11(9)15/h5-7,12,16H,4H2,1-3H3. The van der Waals surface area contributed by atoms with Gasteiger partial charge in [0.15, 0.2) is 6.10 Å². The van der Waals surface area contributed by atoms with Gasteiger partial charge in [-0.3, -0.25) is 0 Å². The minimum absolute atomic E-state index is 0.108. The maximum Gasteiger partial charge on any atom is 0.339 e. The van der Waals surface area contributed by atoms with E-state index in [0.717, 1.165) is 5.56 Å². The first-order chi connectivity index (χ1) is 8.38. The van der Waals surface area contributed by atoms with E-state index in [-0.39, 0.29) is 23.1 Å². The molecule has 0 aliphatic rings.